The van der Waals surface area contributed by atoms with Crippen molar-refractivity contribution < 1.29 is 14.0 Å². The minimum Gasteiger partial charge on any atom is -0.341 e. The Balaban J connectivity index is 0.00000210. The number of carbonyl (C=O) groups is 2. The number of aromatic nitrogens is 1. The van der Waals surface area contributed by atoms with E-state index in [1.165, 1.54) is 12.1 Å². The molecular weight excluding hydrogens is 540 g/mol. The van der Waals surface area contributed by atoms with Gasteiger partial charge in [-0.3, -0.25) is 19.5 Å². The van der Waals surface area contributed by atoms with Gasteiger partial charge in [-0.1, -0.05) is 26.0 Å². The Hall–Kier alpha value is -2.26. The first-order valence-corrected chi connectivity index (χ1v) is 13.5. The number of benzene rings is 1. The normalized spacial score (nSPS) is 22.6. The molecule has 3 aliphatic rings. The highest BCUT2D eigenvalue weighted by molar-refractivity contribution is 5.97. The second-order valence-corrected chi connectivity index (χ2v) is 11.6. The lowest BCUT2D eigenvalue weighted by Crippen LogP contribution is -2.61. The fourth-order valence-corrected chi connectivity index (χ4v) is 5.91. The van der Waals surface area contributed by atoms with Crippen LogP contribution in [-0.2, 0) is 21.4 Å². The quantitative estimate of drug-likeness (QED) is 0.561. The Morgan fingerprint density at radius 3 is 2.62 bits per heavy atom. The number of piperidine rings is 1. The molecule has 1 N–H and O–H groups in total. The number of fused-ring (bicyclic) bond motifs is 1. The van der Waals surface area contributed by atoms with Gasteiger partial charge < -0.3 is 15.1 Å². The zero-order valence-electron chi connectivity index (χ0n) is 23.0. The number of hydrogen-bond acceptors (Lipinski definition) is 5. The third kappa shape index (κ3) is 7.09. The number of pyridine rings is 1. The maximum Gasteiger partial charge on any atom is 0.241 e. The van der Waals surface area contributed by atoms with Gasteiger partial charge in [-0.2, -0.15) is 0 Å². The van der Waals surface area contributed by atoms with Crippen LogP contribution < -0.4 is 10.2 Å². The fraction of sp³-hybridized carbons (Fsp3) is 0.552. The average molecular weight is 581 g/mol. The molecule has 10 heteroatoms. The SMILES string of the molecule is C[C@@H]1CN(CC(=O)N2CC(C)(C)c3ncc(Cc4ccc(F)cc4)cc32)[C@@H](CN2CCCCC2=O)CN1.Cl.Cl. The van der Waals surface area contributed by atoms with E-state index in [1.807, 2.05) is 16.0 Å². The second kappa shape index (κ2) is 12.9. The summed E-state index contributed by atoms with van der Waals surface area (Å²) in [6.45, 7) is 10.3. The van der Waals surface area contributed by atoms with E-state index in [-0.39, 0.29) is 59.9 Å². The molecule has 2 aromatic rings. The molecule has 0 aliphatic carbocycles. The van der Waals surface area contributed by atoms with E-state index in [0.717, 1.165) is 55.0 Å². The van der Waals surface area contributed by atoms with Gasteiger partial charge in [0.25, 0.3) is 0 Å². The number of nitrogens with zero attached hydrogens (tertiary/aromatic N) is 4. The molecule has 7 nitrogen and oxygen atoms in total. The van der Waals surface area contributed by atoms with Crippen molar-refractivity contribution in [2.45, 2.75) is 64.0 Å². The standard InChI is InChI=1S/C29H38FN5O2.2ClH/c1-20-16-34(24(15-31-20)17-33-11-5-4-6-26(33)36)18-27(37)35-19-29(2,3)28-25(35)13-22(14-32-28)12-21-7-9-23(30)10-8-21;;/h7-10,13-14,20,24,31H,4-6,11-12,15-19H2,1-3H3;2*1H/t20-,24-;;/m1../s1. The Bertz CT molecular complexity index is 1160. The van der Waals surface area contributed by atoms with Crippen LogP contribution in [0.25, 0.3) is 0 Å². The van der Waals surface area contributed by atoms with Gasteiger partial charge in [-0.05, 0) is 55.5 Å². The first kappa shape index (κ1) is 31.3. The van der Waals surface area contributed by atoms with E-state index < -0.39 is 0 Å². The van der Waals surface area contributed by atoms with Crippen LogP contribution in [-0.4, -0.2) is 78.0 Å². The van der Waals surface area contributed by atoms with Crippen LogP contribution in [0.4, 0.5) is 10.1 Å². The predicted molar refractivity (Wildman–Crippen MR) is 157 cm³/mol. The van der Waals surface area contributed by atoms with Gasteiger partial charge in [0.1, 0.15) is 5.82 Å². The van der Waals surface area contributed by atoms with Crippen molar-refractivity contribution >= 4 is 42.3 Å². The summed E-state index contributed by atoms with van der Waals surface area (Å²) in [5.74, 6) is 0.0438. The van der Waals surface area contributed by atoms with Crippen LogP contribution in [0.2, 0.25) is 0 Å². The summed E-state index contributed by atoms with van der Waals surface area (Å²) >= 11 is 0. The highest BCUT2D eigenvalue weighted by Crippen LogP contribution is 2.39. The van der Waals surface area contributed by atoms with Crippen LogP contribution in [0.15, 0.2) is 36.5 Å². The molecule has 2 fully saturated rings. The lowest BCUT2D eigenvalue weighted by molar-refractivity contribution is -0.134. The first-order chi connectivity index (χ1) is 17.7. The number of piperazine rings is 1. The number of hydrogen-bond donors (Lipinski definition) is 1. The van der Waals surface area contributed by atoms with Crippen molar-refractivity contribution in [3.05, 3.63) is 59.2 Å². The maximum atomic E-state index is 13.8. The van der Waals surface area contributed by atoms with Crippen molar-refractivity contribution in [1.29, 1.82) is 0 Å². The summed E-state index contributed by atoms with van der Waals surface area (Å²) in [6.07, 6.45) is 5.15. The molecule has 0 saturated carbocycles. The molecule has 2 saturated heterocycles. The lowest BCUT2D eigenvalue weighted by Gasteiger charge is -2.42. The topological polar surface area (TPSA) is 68.8 Å². The largest absolute Gasteiger partial charge is 0.341 e. The van der Waals surface area contributed by atoms with Crippen molar-refractivity contribution in [3.8, 4) is 0 Å². The molecule has 2 atom stereocenters. The number of amides is 2. The van der Waals surface area contributed by atoms with Gasteiger partial charge in [0.2, 0.25) is 11.8 Å². The molecule has 5 rings (SSSR count). The summed E-state index contributed by atoms with van der Waals surface area (Å²) in [5.41, 5.74) is 3.57. The van der Waals surface area contributed by atoms with Crippen molar-refractivity contribution in [2.24, 2.45) is 0 Å². The number of rotatable bonds is 6. The van der Waals surface area contributed by atoms with Gasteiger partial charge in [0, 0.05) is 62.8 Å². The summed E-state index contributed by atoms with van der Waals surface area (Å²) in [7, 11) is 0. The Morgan fingerprint density at radius 2 is 1.90 bits per heavy atom. The lowest BCUT2D eigenvalue weighted by atomic mass is 9.91. The van der Waals surface area contributed by atoms with Gasteiger partial charge in [-0.15, -0.1) is 24.8 Å². The smallest absolute Gasteiger partial charge is 0.241 e. The van der Waals surface area contributed by atoms with Gasteiger partial charge >= 0.3 is 0 Å². The van der Waals surface area contributed by atoms with E-state index in [4.69, 9.17) is 4.98 Å². The van der Waals surface area contributed by atoms with Crippen LogP contribution in [0.1, 0.15) is 56.9 Å². The summed E-state index contributed by atoms with van der Waals surface area (Å²) < 4.78 is 13.3. The van der Waals surface area contributed by atoms with Crippen LogP contribution in [0.3, 0.4) is 0 Å². The second-order valence-electron chi connectivity index (χ2n) is 11.6. The first-order valence-electron chi connectivity index (χ1n) is 13.5. The van der Waals surface area contributed by atoms with Crippen LogP contribution in [0, 0.1) is 5.82 Å². The molecule has 0 spiro atoms. The maximum absolute atomic E-state index is 13.8. The zero-order chi connectivity index (χ0) is 26.2. The number of likely N-dealkylation sites (tertiary alicyclic amines) is 1. The predicted octanol–water partition coefficient (Wildman–Crippen LogP) is 3.95. The van der Waals surface area contributed by atoms with Gasteiger partial charge in [-0.25, -0.2) is 4.39 Å². The minimum absolute atomic E-state index is 0. The molecule has 2 amide bonds. The number of carbonyl (C=O) groups excluding carboxylic acids is 2. The average Bonchev–Trinajstić information content (AvgIpc) is 3.14. The molecule has 0 radical (unpaired) electrons. The summed E-state index contributed by atoms with van der Waals surface area (Å²) in [4.78, 5) is 37.1. The summed E-state index contributed by atoms with van der Waals surface area (Å²) in [5, 5.41) is 3.53. The molecule has 39 heavy (non-hydrogen) atoms. The van der Waals surface area contributed by atoms with Crippen LogP contribution >= 0.6 is 24.8 Å². The van der Waals surface area contributed by atoms with Gasteiger partial charge in [0.05, 0.1) is 17.9 Å². The molecule has 1 aromatic heterocycles. The minimum atomic E-state index is -0.250. The number of halogens is 3. The number of nitrogens with one attached hydrogen (secondary N) is 1. The van der Waals surface area contributed by atoms with Crippen molar-refractivity contribution in [2.75, 3.05) is 44.2 Å². The molecule has 1 aromatic carbocycles. The third-order valence-electron chi connectivity index (χ3n) is 7.95. The molecule has 214 valence electrons. The molecular formula is C29H40Cl2FN5O2. The van der Waals surface area contributed by atoms with E-state index in [1.54, 1.807) is 12.1 Å². The molecule has 4 heterocycles. The fourth-order valence-electron chi connectivity index (χ4n) is 5.91. The third-order valence-corrected chi connectivity index (χ3v) is 7.95. The van der Waals surface area contributed by atoms with Crippen molar-refractivity contribution in [1.82, 2.24) is 20.1 Å². The molecule has 3 aliphatic heterocycles. The molecule has 0 unspecified atom stereocenters. The Labute approximate surface area is 243 Å². The summed E-state index contributed by atoms with van der Waals surface area (Å²) in [6, 6.07) is 8.98. The highest BCUT2D eigenvalue weighted by atomic mass is 35.5. The van der Waals surface area contributed by atoms with Crippen LogP contribution in [0.5, 0.6) is 0 Å². The van der Waals surface area contributed by atoms with E-state index in [2.05, 4.69) is 37.1 Å². The van der Waals surface area contributed by atoms with E-state index >= 15 is 0 Å². The zero-order valence-corrected chi connectivity index (χ0v) is 24.6. The monoisotopic (exact) mass is 579 g/mol. The van der Waals surface area contributed by atoms with Gasteiger partial charge in [0.15, 0.2) is 0 Å². The van der Waals surface area contributed by atoms with E-state index in [9.17, 15) is 14.0 Å². The Kier molecular flexibility index (Phi) is 10.4. The highest BCUT2D eigenvalue weighted by Gasteiger charge is 2.41. The molecule has 0 bridgehead atoms. The number of anilines is 1. The van der Waals surface area contributed by atoms with E-state index in [0.29, 0.717) is 32.5 Å². The Morgan fingerprint density at radius 1 is 1.15 bits per heavy atom. The van der Waals surface area contributed by atoms with Crippen molar-refractivity contribution in [3.63, 3.8) is 0 Å².